The van der Waals surface area contributed by atoms with Crippen LogP contribution in [0.3, 0.4) is 0 Å². The number of carbonyl (C=O) groups excluding carboxylic acids is 1. The van der Waals surface area contributed by atoms with Crippen molar-refractivity contribution in [3.05, 3.63) is 24.0 Å². The molecule has 5 nitrogen and oxygen atoms in total. The third-order valence-corrected chi connectivity index (χ3v) is 2.80. The van der Waals surface area contributed by atoms with E-state index in [1.807, 2.05) is 26.8 Å². The van der Waals surface area contributed by atoms with Gasteiger partial charge >= 0.3 is 6.09 Å². The number of pyridine rings is 1. The van der Waals surface area contributed by atoms with Crippen LogP contribution in [0.2, 0.25) is 0 Å². The predicted octanol–water partition coefficient (Wildman–Crippen LogP) is 2.18. The molecule has 0 bridgehead atoms. The minimum absolute atomic E-state index is 0.343. The van der Waals surface area contributed by atoms with Gasteiger partial charge in [-0.05, 0) is 45.2 Å². The molecule has 0 saturated heterocycles. The summed E-state index contributed by atoms with van der Waals surface area (Å²) < 4.78 is 5.26. The molecule has 0 radical (unpaired) electrons. The van der Waals surface area contributed by atoms with Gasteiger partial charge in [-0.25, -0.2) is 4.79 Å². The van der Waals surface area contributed by atoms with Gasteiger partial charge in [-0.2, -0.15) is 0 Å². The van der Waals surface area contributed by atoms with Gasteiger partial charge in [0.1, 0.15) is 5.60 Å². The van der Waals surface area contributed by atoms with Crippen molar-refractivity contribution in [1.82, 2.24) is 10.3 Å². The van der Waals surface area contributed by atoms with Crippen molar-refractivity contribution in [3.8, 4) is 0 Å². The second kappa shape index (κ2) is 4.15. The van der Waals surface area contributed by atoms with Crippen LogP contribution >= 0.6 is 0 Å². The van der Waals surface area contributed by atoms with Gasteiger partial charge in [0, 0.05) is 12.4 Å². The van der Waals surface area contributed by atoms with Crippen LogP contribution in [0.1, 0.15) is 39.2 Å². The standard InChI is InChI=1S/C13H19N3O2/c1-12(2,3)18-11(17)16-13(4-5-13)9-6-10(14)8-15-7-9/h6-8H,4-5,14H2,1-3H3,(H,16,17). The molecular weight excluding hydrogens is 230 g/mol. The number of hydrogen-bond donors (Lipinski definition) is 2. The van der Waals surface area contributed by atoms with E-state index in [-0.39, 0.29) is 5.54 Å². The number of aromatic nitrogens is 1. The van der Waals surface area contributed by atoms with Crippen molar-refractivity contribution >= 4 is 11.8 Å². The normalized spacial score (nSPS) is 17.1. The highest BCUT2D eigenvalue weighted by Crippen LogP contribution is 2.45. The van der Waals surface area contributed by atoms with Crippen molar-refractivity contribution in [3.63, 3.8) is 0 Å². The first-order valence-corrected chi connectivity index (χ1v) is 6.03. The zero-order valence-electron chi connectivity index (χ0n) is 11.0. The molecule has 1 saturated carbocycles. The van der Waals surface area contributed by atoms with Gasteiger partial charge in [-0.1, -0.05) is 0 Å². The Morgan fingerprint density at radius 1 is 1.44 bits per heavy atom. The van der Waals surface area contributed by atoms with Gasteiger partial charge in [0.15, 0.2) is 0 Å². The maximum Gasteiger partial charge on any atom is 0.408 e. The molecule has 1 aliphatic carbocycles. The molecule has 1 aromatic heterocycles. The number of rotatable bonds is 2. The Morgan fingerprint density at radius 3 is 2.61 bits per heavy atom. The molecule has 98 valence electrons. The summed E-state index contributed by atoms with van der Waals surface area (Å²) in [6.07, 6.45) is 4.70. The fourth-order valence-corrected chi connectivity index (χ4v) is 1.83. The van der Waals surface area contributed by atoms with Crippen LogP contribution in [0, 0.1) is 0 Å². The van der Waals surface area contributed by atoms with Gasteiger partial charge in [0.25, 0.3) is 0 Å². The monoisotopic (exact) mass is 249 g/mol. The maximum atomic E-state index is 11.8. The molecule has 3 N–H and O–H groups in total. The number of amides is 1. The first-order valence-electron chi connectivity index (χ1n) is 6.03. The number of nitrogens with two attached hydrogens (primary N) is 1. The molecule has 0 aliphatic heterocycles. The topological polar surface area (TPSA) is 77.2 Å². The number of nitrogens with one attached hydrogen (secondary N) is 1. The fraction of sp³-hybridized carbons (Fsp3) is 0.538. The number of hydrogen-bond acceptors (Lipinski definition) is 4. The van der Waals surface area contributed by atoms with Crippen molar-refractivity contribution < 1.29 is 9.53 Å². The molecular formula is C13H19N3O2. The summed E-state index contributed by atoms with van der Waals surface area (Å²) >= 11 is 0. The summed E-state index contributed by atoms with van der Waals surface area (Å²) in [6.45, 7) is 5.52. The molecule has 18 heavy (non-hydrogen) atoms. The lowest BCUT2D eigenvalue weighted by Crippen LogP contribution is -2.39. The van der Waals surface area contributed by atoms with Crippen LogP contribution in [0.5, 0.6) is 0 Å². The molecule has 0 aromatic carbocycles. The van der Waals surface area contributed by atoms with E-state index in [1.54, 1.807) is 12.4 Å². The van der Waals surface area contributed by atoms with E-state index < -0.39 is 11.7 Å². The Balaban J connectivity index is 2.07. The molecule has 1 amide bonds. The molecule has 1 heterocycles. The number of carbonyl (C=O) groups is 1. The Bertz CT molecular complexity index is 462. The highest BCUT2D eigenvalue weighted by molar-refractivity contribution is 5.70. The van der Waals surface area contributed by atoms with Crippen LogP contribution in [0.4, 0.5) is 10.5 Å². The predicted molar refractivity (Wildman–Crippen MR) is 68.9 cm³/mol. The van der Waals surface area contributed by atoms with E-state index in [9.17, 15) is 4.79 Å². The maximum absolute atomic E-state index is 11.8. The lowest BCUT2D eigenvalue weighted by molar-refractivity contribution is 0.0495. The quantitative estimate of drug-likeness (QED) is 0.842. The van der Waals surface area contributed by atoms with E-state index in [0.29, 0.717) is 5.69 Å². The second-order valence-electron chi connectivity index (χ2n) is 5.72. The second-order valence-corrected chi connectivity index (χ2v) is 5.72. The minimum Gasteiger partial charge on any atom is -0.444 e. The van der Waals surface area contributed by atoms with Gasteiger partial charge in [0.2, 0.25) is 0 Å². The Kier molecular flexibility index (Phi) is 2.92. The van der Waals surface area contributed by atoms with E-state index in [1.165, 1.54) is 0 Å². The van der Waals surface area contributed by atoms with Crippen LogP contribution < -0.4 is 11.1 Å². The Labute approximate surface area is 107 Å². The number of alkyl carbamates (subject to hydrolysis) is 1. The number of nitrogen functional groups attached to an aromatic ring is 1. The van der Waals surface area contributed by atoms with Crippen LogP contribution in [0.25, 0.3) is 0 Å². The summed E-state index contributed by atoms with van der Waals surface area (Å²) in [6, 6.07) is 1.84. The van der Waals surface area contributed by atoms with Crippen molar-refractivity contribution in [2.45, 2.75) is 44.8 Å². The van der Waals surface area contributed by atoms with Gasteiger partial charge in [-0.3, -0.25) is 4.98 Å². The minimum atomic E-state index is -0.492. The van der Waals surface area contributed by atoms with E-state index >= 15 is 0 Å². The lowest BCUT2D eigenvalue weighted by Gasteiger charge is -2.23. The SMILES string of the molecule is CC(C)(C)OC(=O)NC1(c2cncc(N)c2)CC1. The first-order chi connectivity index (χ1) is 8.31. The van der Waals surface area contributed by atoms with Crippen LogP contribution in [0.15, 0.2) is 18.5 Å². The molecule has 0 atom stereocenters. The van der Waals surface area contributed by atoms with Crippen LogP contribution in [-0.4, -0.2) is 16.7 Å². The molecule has 1 aromatic rings. The molecule has 5 heteroatoms. The average molecular weight is 249 g/mol. The average Bonchev–Trinajstić information content (AvgIpc) is 2.95. The molecule has 0 spiro atoms. The van der Waals surface area contributed by atoms with Crippen molar-refractivity contribution in [2.24, 2.45) is 0 Å². The number of anilines is 1. The van der Waals surface area contributed by atoms with Gasteiger partial charge < -0.3 is 15.8 Å². The van der Waals surface area contributed by atoms with E-state index in [4.69, 9.17) is 10.5 Å². The third kappa shape index (κ3) is 2.91. The first kappa shape index (κ1) is 12.7. The van der Waals surface area contributed by atoms with Gasteiger partial charge in [-0.15, -0.1) is 0 Å². The number of ether oxygens (including phenoxy) is 1. The van der Waals surface area contributed by atoms with Crippen molar-refractivity contribution in [1.29, 1.82) is 0 Å². The smallest absolute Gasteiger partial charge is 0.408 e. The summed E-state index contributed by atoms with van der Waals surface area (Å²) in [4.78, 5) is 15.8. The molecule has 2 rings (SSSR count). The zero-order valence-corrected chi connectivity index (χ0v) is 11.0. The van der Waals surface area contributed by atoms with E-state index in [2.05, 4.69) is 10.3 Å². The van der Waals surface area contributed by atoms with Crippen LogP contribution in [-0.2, 0) is 10.3 Å². The largest absolute Gasteiger partial charge is 0.444 e. The van der Waals surface area contributed by atoms with Crippen molar-refractivity contribution in [2.75, 3.05) is 5.73 Å². The fourth-order valence-electron chi connectivity index (χ4n) is 1.83. The summed E-state index contributed by atoms with van der Waals surface area (Å²) in [5.41, 5.74) is 6.41. The summed E-state index contributed by atoms with van der Waals surface area (Å²) in [5, 5.41) is 2.91. The molecule has 1 fully saturated rings. The Morgan fingerprint density at radius 2 is 2.11 bits per heavy atom. The highest BCUT2D eigenvalue weighted by Gasteiger charge is 2.46. The third-order valence-electron chi connectivity index (χ3n) is 2.80. The highest BCUT2D eigenvalue weighted by atomic mass is 16.6. The lowest BCUT2D eigenvalue weighted by atomic mass is 10.1. The Hall–Kier alpha value is -1.78. The number of nitrogens with zero attached hydrogens (tertiary/aromatic N) is 1. The summed E-state index contributed by atoms with van der Waals surface area (Å²) in [5.74, 6) is 0. The zero-order chi connectivity index (χ0) is 13.4. The molecule has 1 aliphatic rings. The molecule has 0 unspecified atom stereocenters. The summed E-state index contributed by atoms with van der Waals surface area (Å²) in [7, 11) is 0. The van der Waals surface area contributed by atoms with E-state index in [0.717, 1.165) is 18.4 Å². The van der Waals surface area contributed by atoms with Gasteiger partial charge in [0.05, 0.1) is 11.2 Å².